The van der Waals surface area contributed by atoms with Crippen LogP contribution in [0.5, 0.6) is 0 Å². The topological polar surface area (TPSA) is 143 Å². The number of nitrogens with one attached hydrogen (secondary N) is 3. The van der Waals surface area contributed by atoms with Gasteiger partial charge in [-0.05, 0) is 51.0 Å². The molecule has 10 nitrogen and oxygen atoms in total. The van der Waals surface area contributed by atoms with Gasteiger partial charge in [0.15, 0.2) is 0 Å². The van der Waals surface area contributed by atoms with Crippen molar-refractivity contribution in [1.29, 1.82) is 0 Å². The summed E-state index contributed by atoms with van der Waals surface area (Å²) in [5.41, 5.74) is 0.894. The van der Waals surface area contributed by atoms with E-state index in [4.69, 9.17) is 14.6 Å². The number of carbonyl (C=O) groups excluding carboxylic acids is 4. The number of aliphatic hydroxyl groups is 1. The summed E-state index contributed by atoms with van der Waals surface area (Å²) in [6, 6.07) is 8.49. The molecule has 0 aliphatic heterocycles. The number of allylic oxidation sites excluding steroid dienone is 2. The first-order valence-corrected chi connectivity index (χ1v) is 13.8. The van der Waals surface area contributed by atoms with Gasteiger partial charge in [-0.3, -0.25) is 14.4 Å². The summed E-state index contributed by atoms with van der Waals surface area (Å²) in [5.74, 6) is -1.71. The normalized spacial score (nSPS) is 12.8. The highest BCUT2D eigenvalue weighted by molar-refractivity contribution is 5.86. The maximum Gasteiger partial charge on any atom is 0.407 e. The summed E-state index contributed by atoms with van der Waals surface area (Å²) in [7, 11) is 0. The van der Waals surface area contributed by atoms with Crippen molar-refractivity contribution in [1.82, 2.24) is 16.0 Å². The molecule has 0 spiro atoms. The monoisotopic (exact) mass is 559 g/mol. The third-order valence-electron chi connectivity index (χ3n) is 5.98. The van der Waals surface area contributed by atoms with E-state index in [0.717, 1.165) is 5.56 Å². The molecule has 0 aromatic heterocycles. The van der Waals surface area contributed by atoms with Crippen molar-refractivity contribution in [2.75, 3.05) is 19.8 Å². The predicted molar refractivity (Wildman–Crippen MR) is 153 cm³/mol. The Kier molecular flexibility index (Phi) is 18.2. The second kappa shape index (κ2) is 21.2. The minimum absolute atomic E-state index is 0.000237. The van der Waals surface area contributed by atoms with Crippen LogP contribution in [0.1, 0.15) is 63.9 Å². The molecular weight excluding hydrogens is 514 g/mol. The Morgan fingerprint density at radius 3 is 2.42 bits per heavy atom. The SMILES string of the molecule is C=CCCCC(=O)OCC(CCCCNC(=O)OCc1ccccc1)NC(=O)C(CC=C)CC(=O)NC(C)CO. The van der Waals surface area contributed by atoms with Gasteiger partial charge in [-0.15, -0.1) is 13.2 Å². The minimum atomic E-state index is -0.657. The largest absolute Gasteiger partial charge is 0.463 e. The van der Waals surface area contributed by atoms with Gasteiger partial charge in [-0.25, -0.2) is 4.79 Å². The molecule has 40 heavy (non-hydrogen) atoms. The van der Waals surface area contributed by atoms with Gasteiger partial charge < -0.3 is 30.5 Å². The number of rotatable bonds is 21. The summed E-state index contributed by atoms with van der Waals surface area (Å²) in [5, 5.41) is 17.4. The van der Waals surface area contributed by atoms with Gasteiger partial charge in [0.25, 0.3) is 0 Å². The zero-order valence-corrected chi connectivity index (χ0v) is 23.6. The summed E-state index contributed by atoms with van der Waals surface area (Å²) in [6.45, 7) is 9.35. The predicted octanol–water partition coefficient (Wildman–Crippen LogP) is 3.55. The lowest BCUT2D eigenvalue weighted by Gasteiger charge is -2.23. The van der Waals surface area contributed by atoms with Crippen LogP contribution >= 0.6 is 0 Å². The lowest BCUT2D eigenvalue weighted by Crippen LogP contribution is -2.44. The molecule has 0 saturated heterocycles. The van der Waals surface area contributed by atoms with Crippen LogP contribution in [0.15, 0.2) is 55.6 Å². The lowest BCUT2D eigenvalue weighted by atomic mass is 9.98. The Morgan fingerprint density at radius 2 is 1.75 bits per heavy atom. The Bertz CT molecular complexity index is 923. The second-order valence-electron chi connectivity index (χ2n) is 9.63. The fourth-order valence-corrected chi connectivity index (χ4v) is 3.74. The van der Waals surface area contributed by atoms with E-state index in [1.54, 1.807) is 19.1 Å². The van der Waals surface area contributed by atoms with Gasteiger partial charge in [0.2, 0.25) is 11.8 Å². The number of ether oxygens (including phenoxy) is 2. The van der Waals surface area contributed by atoms with Gasteiger partial charge in [0, 0.05) is 25.4 Å². The third-order valence-corrected chi connectivity index (χ3v) is 5.98. The molecular formula is C30H45N3O7. The summed E-state index contributed by atoms with van der Waals surface area (Å²) < 4.78 is 10.6. The van der Waals surface area contributed by atoms with Gasteiger partial charge in [0.1, 0.15) is 13.2 Å². The number of carbonyl (C=O) groups is 4. The molecule has 0 saturated carbocycles. The molecule has 0 aliphatic rings. The van der Waals surface area contributed by atoms with Crippen molar-refractivity contribution in [2.24, 2.45) is 5.92 Å². The highest BCUT2D eigenvalue weighted by atomic mass is 16.5. The van der Waals surface area contributed by atoms with E-state index in [9.17, 15) is 19.2 Å². The molecule has 0 fully saturated rings. The van der Waals surface area contributed by atoms with E-state index < -0.39 is 24.1 Å². The average Bonchev–Trinajstić information content (AvgIpc) is 2.94. The number of hydrogen-bond acceptors (Lipinski definition) is 7. The quantitative estimate of drug-likeness (QED) is 0.102. The van der Waals surface area contributed by atoms with Crippen LogP contribution in [-0.2, 0) is 30.5 Å². The molecule has 0 aliphatic carbocycles. The maximum absolute atomic E-state index is 13.0. The van der Waals surface area contributed by atoms with Crippen LogP contribution in [0.25, 0.3) is 0 Å². The van der Waals surface area contributed by atoms with Crippen LogP contribution in [0.2, 0.25) is 0 Å². The summed E-state index contributed by atoms with van der Waals surface area (Å²) in [4.78, 5) is 49.4. The number of aliphatic hydroxyl groups excluding tert-OH is 1. The van der Waals surface area contributed by atoms with Crippen LogP contribution < -0.4 is 16.0 Å². The third kappa shape index (κ3) is 16.3. The molecule has 3 atom stereocenters. The van der Waals surface area contributed by atoms with Gasteiger partial charge >= 0.3 is 12.1 Å². The van der Waals surface area contributed by atoms with Crippen molar-refractivity contribution >= 4 is 23.9 Å². The molecule has 0 radical (unpaired) electrons. The van der Waals surface area contributed by atoms with Gasteiger partial charge in [-0.2, -0.15) is 0 Å². The fraction of sp³-hybridized carbons (Fsp3) is 0.533. The highest BCUT2D eigenvalue weighted by Gasteiger charge is 2.24. The molecule has 0 bridgehead atoms. The van der Waals surface area contributed by atoms with Gasteiger partial charge in [0.05, 0.1) is 18.6 Å². The first kappa shape index (κ1) is 34.4. The lowest BCUT2D eigenvalue weighted by molar-refractivity contribution is -0.145. The van der Waals surface area contributed by atoms with Crippen LogP contribution in [0.3, 0.4) is 0 Å². The fourth-order valence-electron chi connectivity index (χ4n) is 3.74. The molecule has 4 N–H and O–H groups in total. The molecule has 222 valence electrons. The highest BCUT2D eigenvalue weighted by Crippen LogP contribution is 2.12. The number of esters is 1. The average molecular weight is 560 g/mol. The molecule has 3 amide bonds. The first-order chi connectivity index (χ1) is 19.3. The number of unbranched alkanes of at least 4 members (excludes halogenated alkanes) is 2. The molecule has 1 aromatic rings. The van der Waals surface area contributed by atoms with Crippen LogP contribution in [0.4, 0.5) is 4.79 Å². The molecule has 3 unspecified atom stereocenters. The molecule has 0 heterocycles. The first-order valence-electron chi connectivity index (χ1n) is 13.8. The Balaban J connectivity index is 2.60. The number of benzene rings is 1. The van der Waals surface area contributed by atoms with E-state index in [0.29, 0.717) is 38.6 Å². The standard InChI is InChI=1S/C30H45N3O7/c1-4-6-8-17-28(36)39-22-26(33-29(37)25(13-5-2)19-27(35)32-23(3)20-34)16-11-12-18-31-30(38)40-21-24-14-9-7-10-15-24/h4-5,7,9-10,14-15,23,25-26,34H,1-2,6,8,11-13,16-22H2,3H3,(H,31,38)(H,32,35)(H,33,37). The van der Waals surface area contributed by atoms with E-state index in [2.05, 4.69) is 29.1 Å². The van der Waals surface area contributed by atoms with Crippen molar-refractivity contribution in [3.8, 4) is 0 Å². The Labute approximate surface area is 237 Å². The minimum Gasteiger partial charge on any atom is -0.463 e. The zero-order valence-electron chi connectivity index (χ0n) is 23.6. The number of amides is 3. The maximum atomic E-state index is 13.0. The zero-order chi connectivity index (χ0) is 29.6. The molecule has 1 aromatic carbocycles. The summed E-state index contributed by atoms with van der Waals surface area (Å²) >= 11 is 0. The van der Waals surface area contributed by atoms with E-state index in [1.165, 1.54) is 0 Å². The summed E-state index contributed by atoms with van der Waals surface area (Å²) in [6.07, 6.45) is 6.37. The van der Waals surface area contributed by atoms with E-state index in [1.807, 2.05) is 30.3 Å². The van der Waals surface area contributed by atoms with Crippen LogP contribution in [0, 0.1) is 5.92 Å². The Morgan fingerprint density at radius 1 is 1.00 bits per heavy atom. The molecule has 10 heteroatoms. The van der Waals surface area contributed by atoms with Crippen molar-refractivity contribution < 1.29 is 33.8 Å². The smallest absolute Gasteiger partial charge is 0.407 e. The van der Waals surface area contributed by atoms with Crippen molar-refractivity contribution in [2.45, 2.75) is 77.0 Å². The van der Waals surface area contributed by atoms with Gasteiger partial charge in [-0.1, -0.05) is 42.5 Å². The van der Waals surface area contributed by atoms with Crippen molar-refractivity contribution in [3.63, 3.8) is 0 Å². The molecule has 1 rings (SSSR count). The van der Waals surface area contributed by atoms with Crippen molar-refractivity contribution in [3.05, 3.63) is 61.2 Å². The van der Waals surface area contributed by atoms with E-state index >= 15 is 0 Å². The Hall–Kier alpha value is -3.66. The second-order valence-corrected chi connectivity index (χ2v) is 9.63. The number of hydrogen-bond donors (Lipinski definition) is 4. The van der Waals surface area contributed by atoms with E-state index in [-0.39, 0.29) is 56.9 Å². The van der Waals surface area contributed by atoms with Crippen LogP contribution in [-0.4, -0.2) is 60.8 Å². The number of alkyl carbamates (subject to hydrolysis) is 1.